The molecule has 2 rings (SSSR count). The van der Waals surface area contributed by atoms with E-state index in [0.29, 0.717) is 38.3 Å². The summed E-state index contributed by atoms with van der Waals surface area (Å²) >= 11 is 0. The molecule has 1 aromatic rings. The lowest BCUT2D eigenvalue weighted by atomic mass is 10.0. The fourth-order valence-electron chi connectivity index (χ4n) is 1.87. The fourth-order valence-corrected chi connectivity index (χ4v) is 1.87. The van der Waals surface area contributed by atoms with Crippen LogP contribution in [0.2, 0.25) is 0 Å². The summed E-state index contributed by atoms with van der Waals surface area (Å²) in [5.41, 5.74) is -0.114. The quantitative estimate of drug-likeness (QED) is 0.609. The molecule has 1 unspecified atom stereocenters. The number of rotatable bonds is 4. The first-order valence-electron chi connectivity index (χ1n) is 5.61. The molecule has 0 aromatic heterocycles. The number of hydrogen-bond acceptors (Lipinski definition) is 5. The number of aliphatic hydroxyl groups is 1. The van der Waals surface area contributed by atoms with Crippen LogP contribution < -0.4 is 5.32 Å². The molecule has 4 N–H and O–H groups in total. The second kappa shape index (κ2) is 4.91. The molecule has 1 fully saturated rings. The van der Waals surface area contributed by atoms with Crippen LogP contribution in [0.3, 0.4) is 0 Å². The molecule has 0 aliphatic carbocycles. The second-order valence-electron chi connectivity index (χ2n) is 4.44. The van der Waals surface area contributed by atoms with Gasteiger partial charge in [-0.05, 0) is 6.07 Å². The number of ether oxygens (including phenoxy) is 1. The first-order chi connectivity index (χ1) is 8.09. The van der Waals surface area contributed by atoms with E-state index < -0.39 is 5.60 Å². The maximum Gasteiger partial charge on any atom is 0.123 e. The molecule has 1 saturated heterocycles. The van der Waals surface area contributed by atoms with E-state index in [-0.39, 0.29) is 11.5 Å². The molecule has 0 amide bonds. The highest BCUT2D eigenvalue weighted by Crippen LogP contribution is 2.23. The molecule has 1 aliphatic heterocycles. The van der Waals surface area contributed by atoms with Crippen molar-refractivity contribution in [2.24, 2.45) is 0 Å². The van der Waals surface area contributed by atoms with Crippen LogP contribution in [0.1, 0.15) is 12.0 Å². The normalized spacial score (nSPS) is 24.1. The fraction of sp³-hybridized carbons (Fsp3) is 0.500. The van der Waals surface area contributed by atoms with Crippen LogP contribution in [0.25, 0.3) is 0 Å². The lowest BCUT2D eigenvalue weighted by molar-refractivity contribution is 0.0268. The standard InChI is InChI=1S/C12H17NO4/c14-10-2-1-9(11(15)5-10)6-13-7-12(16)3-4-17-8-12/h1-2,5,13-16H,3-4,6-8H2. The third kappa shape index (κ3) is 3.09. The van der Waals surface area contributed by atoms with E-state index >= 15 is 0 Å². The third-order valence-electron chi connectivity index (χ3n) is 2.92. The van der Waals surface area contributed by atoms with Crippen molar-refractivity contribution in [3.05, 3.63) is 23.8 Å². The lowest BCUT2D eigenvalue weighted by Crippen LogP contribution is -2.40. The van der Waals surface area contributed by atoms with Gasteiger partial charge in [0.25, 0.3) is 0 Å². The minimum Gasteiger partial charge on any atom is -0.508 e. The van der Waals surface area contributed by atoms with Gasteiger partial charge in [0.2, 0.25) is 0 Å². The predicted octanol–water partition coefficient (Wildman–Crippen LogP) is 0.339. The van der Waals surface area contributed by atoms with E-state index in [1.807, 2.05) is 0 Å². The Morgan fingerprint density at radius 2 is 2.18 bits per heavy atom. The van der Waals surface area contributed by atoms with E-state index in [1.165, 1.54) is 12.1 Å². The second-order valence-corrected chi connectivity index (χ2v) is 4.44. The lowest BCUT2D eigenvalue weighted by Gasteiger charge is -2.20. The average Bonchev–Trinajstić information content (AvgIpc) is 2.69. The number of aromatic hydroxyl groups is 2. The Morgan fingerprint density at radius 3 is 2.82 bits per heavy atom. The molecular weight excluding hydrogens is 222 g/mol. The summed E-state index contributed by atoms with van der Waals surface area (Å²) < 4.78 is 5.13. The highest BCUT2D eigenvalue weighted by Gasteiger charge is 2.31. The van der Waals surface area contributed by atoms with E-state index in [2.05, 4.69) is 5.32 Å². The molecular formula is C12H17NO4. The van der Waals surface area contributed by atoms with Gasteiger partial charge in [-0.25, -0.2) is 0 Å². The highest BCUT2D eigenvalue weighted by atomic mass is 16.5. The van der Waals surface area contributed by atoms with Crippen LogP contribution in [-0.2, 0) is 11.3 Å². The molecule has 1 aliphatic rings. The molecule has 0 bridgehead atoms. The van der Waals surface area contributed by atoms with Gasteiger partial charge in [0.15, 0.2) is 0 Å². The van der Waals surface area contributed by atoms with Crippen LogP contribution >= 0.6 is 0 Å². The summed E-state index contributed by atoms with van der Waals surface area (Å²) in [4.78, 5) is 0. The average molecular weight is 239 g/mol. The molecule has 0 radical (unpaired) electrons. The van der Waals surface area contributed by atoms with Crippen molar-refractivity contribution in [2.45, 2.75) is 18.6 Å². The summed E-state index contributed by atoms with van der Waals surface area (Å²) in [6.07, 6.45) is 0.627. The largest absolute Gasteiger partial charge is 0.508 e. The van der Waals surface area contributed by atoms with Gasteiger partial charge in [0.1, 0.15) is 17.1 Å². The summed E-state index contributed by atoms with van der Waals surface area (Å²) in [6.45, 7) is 1.80. The summed E-state index contributed by atoms with van der Waals surface area (Å²) in [6, 6.07) is 4.46. The van der Waals surface area contributed by atoms with Gasteiger partial charge in [-0.15, -0.1) is 0 Å². The number of nitrogens with one attached hydrogen (secondary N) is 1. The van der Waals surface area contributed by atoms with E-state index in [4.69, 9.17) is 9.84 Å². The topological polar surface area (TPSA) is 82.0 Å². The molecule has 5 nitrogen and oxygen atoms in total. The monoisotopic (exact) mass is 239 g/mol. The van der Waals surface area contributed by atoms with Gasteiger partial charge in [0.05, 0.1) is 6.61 Å². The Hall–Kier alpha value is -1.30. The summed E-state index contributed by atoms with van der Waals surface area (Å²) in [5, 5.41) is 31.8. The number of benzene rings is 1. The van der Waals surface area contributed by atoms with Gasteiger partial charge in [-0.3, -0.25) is 0 Å². The van der Waals surface area contributed by atoms with Gasteiger partial charge in [-0.1, -0.05) is 6.07 Å². The highest BCUT2D eigenvalue weighted by molar-refractivity contribution is 5.38. The van der Waals surface area contributed by atoms with Crippen LogP contribution in [0.15, 0.2) is 18.2 Å². The smallest absolute Gasteiger partial charge is 0.123 e. The molecule has 1 atom stereocenters. The van der Waals surface area contributed by atoms with Gasteiger partial charge < -0.3 is 25.4 Å². The summed E-state index contributed by atoms with van der Waals surface area (Å²) in [7, 11) is 0. The van der Waals surface area contributed by atoms with Crippen molar-refractivity contribution >= 4 is 0 Å². The Bertz CT molecular complexity index is 388. The number of hydrogen-bond donors (Lipinski definition) is 4. The van der Waals surface area contributed by atoms with Crippen molar-refractivity contribution in [2.75, 3.05) is 19.8 Å². The Kier molecular flexibility index (Phi) is 3.51. The van der Waals surface area contributed by atoms with Gasteiger partial charge in [0, 0.05) is 37.7 Å². The third-order valence-corrected chi connectivity index (χ3v) is 2.92. The van der Waals surface area contributed by atoms with Gasteiger partial charge in [-0.2, -0.15) is 0 Å². The zero-order chi connectivity index (χ0) is 12.3. The van der Waals surface area contributed by atoms with Crippen molar-refractivity contribution in [3.8, 4) is 11.5 Å². The van der Waals surface area contributed by atoms with Crippen LogP contribution in [0, 0.1) is 0 Å². The zero-order valence-corrected chi connectivity index (χ0v) is 9.52. The molecule has 1 heterocycles. The number of phenols is 2. The Balaban J connectivity index is 1.85. The minimum atomic E-state index is -0.799. The van der Waals surface area contributed by atoms with E-state index in [9.17, 15) is 10.2 Å². The maximum absolute atomic E-state index is 9.99. The Morgan fingerprint density at radius 1 is 1.35 bits per heavy atom. The molecule has 1 aromatic carbocycles. The van der Waals surface area contributed by atoms with Crippen molar-refractivity contribution in [3.63, 3.8) is 0 Å². The van der Waals surface area contributed by atoms with Crippen molar-refractivity contribution in [1.82, 2.24) is 5.32 Å². The number of phenolic OH excluding ortho intramolecular Hbond substituents is 2. The molecule has 17 heavy (non-hydrogen) atoms. The Labute approximate surface area is 99.7 Å². The molecule has 0 saturated carbocycles. The maximum atomic E-state index is 9.99. The first kappa shape index (κ1) is 12.2. The zero-order valence-electron chi connectivity index (χ0n) is 9.52. The van der Waals surface area contributed by atoms with Crippen molar-refractivity contribution < 1.29 is 20.1 Å². The predicted molar refractivity (Wildman–Crippen MR) is 61.9 cm³/mol. The van der Waals surface area contributed by atoms with E-state index in [0.717, 1.165) is 0 Å². The SMILES string of the molecule is Oc1ccc(CNCC2(O)CCOC2)c(O)c1. The van der Waals surface area contributed by atoms with Crippen LogP contribution in [-0.4, -0.2) is 40.7 Å². The summed E-state index contributed by atoms with van der Waals surface area (Å²) in [5.74, 6) is 0.0845. The first-order valence-corrected chi connectivity index (χ1v) is 5.61. The molecule has 94 valence electrons. The van der Waals surface area contributed by atoms with Crippen molar-refractivity contribution in [1.29, 1.82) is 0 Å². The molecule has 0 spiro atoms. The van der Waals surface area contributed by atoms with Crippen LogP contribution in [0.5, 0.6) is 11.5 Å². The molecule has 5 heteroatoms. The van der Waals surface area contributed by atoms with Gasteiger partial charge >= 0.3 is 0 Å². The minimum absolute atomic E-state index is 0.0362. The van der Waals surface area contributed by atoms with Crippen LogP contribution in [0.4, 0.5) is 0 Å². The van der Waals surface area contributed by atoms with E-state index in [1.54, 1.807) is 6.07 Å².